The molecular formula is C9H13NS. The van der Waals surface area contributed by atoms with Gasteiger partial charge in [-0.25, -0.2) is 0 Å². The lowest BCUT2D eigenvalue weighted by molar-refractivity contribution is 0.760. The minimum Gasteiger partial charge on any atom is -0.384 e. The van der Waals surface area contributed by atoms with Crippen molar-refractivity contribution in [1.29, 1.82) is 0 Å². The summed E-state index contributed by atoms with van der Waals surface area (Å²) in [5.74, 6) is 1.04. The number of hydrogen-bond acceptors (Lipinski definition) is 2. The summed E-state index contributed by atoms with van der Waals surface area (Å²) in [5, 5.41) is 7.68. The third-order valence-corrected chi connectivity index (χ3v) is 2.78. The lowest BCUT2D eigenvalue weighted by Gasteiger charge is -2.00. The maximum atomic E-state index is 3.41. The Balaban J connectivity index is 1.66. The van der Waals surface area contributed by atoms with Crippen LogP contribution < -0.4 is 5.32 Å². The summed E-state index contributed by atoms with van der Waals surface area (Å²) in [6.45, 7) is 1.15. The van der Waals surface area contributed by atoms with Crippen LogP contribution in [0.15, 0.2) is 16.8 Å². The van der Waals surface area contributed by atoms with Gasteiger partial charge in [0.05, 0.1) is 0 Å². The monoisotopic (exact) mass is 167 g/mol. The third kappa shape index (κ3) is 2.22. The molecule has 0 atom stereocenters. The van der Waals surface area contributed by atoms with Gasteiger partial charge in [0.15, 0.2) is 0 Å². The predicted molar refractivity (Wildman–Crippen MR) is 50.1 cm³/mol. The van der Waals surface area contributed by atoms with E-state index < -0.39 is 0 Å². The summed E-state index contributed by atoms with van der Waals surface area (Å²) in [6, 6.07) is 2.14. The van der Waals surface area contributed by atoms with Crippen LogP contribution in [0.4, 0.5) is 5.69 Å². The third-order valence-electron chi connectivity index (χ3n) is 2.10. The average molecular weight is 167 g/mol. The topological polar surface area (TPSA) is 12.0 Å². The van der Waals surface area contributed by atoms with Gasteiger partial charge >= 0.3 is 0 Å². The lowest BCUT2D eigenvalue weighted by Crippen LogP contribution is -2.00. The van der Waals surface area contributed by atoms with Crippen molar-refractivity contribution >= 4 is 17.0 Å². The first-order chi connectivity index (χ1) is 5.45. The molecule has 1 saturated carbocycles. The Kier molecular flexibility index (Phi) is 2.13. The minimum atomic E-state index is 1.04. The molecule has 1 aromatic rings. The second-order valence-electron chi connectivity index (χ2n) is 3.17. The molecule has 0 radical (unpaired) electrons. The van der Waals surface area contributed by atoms with Crippen molar-refractivity contribution in [2.45, 2.75) is 19.3 Å². The van der Waals surface area contributed by atoms with E-state index in [0.717, 1.165) is 12.5 Å². The molecule has 1 heterocycles. The summed E-state index contributed by atoms with van der Waals surface area (Å²) in [7, 11) is 0. The molecule has 1 N–H and O–H groups in total. The lowest BCUT2D eigenvalue weighted by atomic mass is 10.3. The van der Waals surface area contributed by atoms with Crippen LogP contribution in [0.1, 0.15) is 19.3 Å². The molecule has 2 rings (SSSR count). The largest absolute Gasteiger partial charge is 0.384 e. The fourth-order valence-corrected chi connectivity index (χ4v) is 1.80. The average Bonchev–Trinajstić information content (AvgIpc) is 2.66. The van der Waals surface area contributed by atoms with Gasteiger partial charge in [-0.15, -0.1) is 0 Å². The van der Waals surface area contributed by atoms with Gasteiger partial charge in [-0.3, -0.25) is 0 Å². The van der Waals surface area contributed by atoms with Crippen LogP contribution in [0.25, 0.3) is 0 Å². The molecular weight excluding hydrogens is 154 g/mol. The van der Waals surface area contributed by atoms with Crippen LogP contribution >= 0.6 is 11.3 Å². The smallest absolute Gasteiger partial charge is 0.0448 e. The molecule has 0 saturated heterocycles. The van der Waals surface area contributed by atoms with Crippen LogP contribution in [0.2, 0.25) is 0 Å². The highest BCUT2D eigenvalue weighted by Gasteiger charge is 2.19. The van der Waals surface area contributed by atoms with Crippen LogP contribution in [0, 0.1) is 5.92 Å². The zero-order valence-corrected chi connectivity index (χ0v) is 7.36. The molecule has 1 nitrogen and oxygen atoms in total. The Labute approximate surface area is 71.4 Å². The van der Waals surface area contributed by atoms with E-state index in [9.17, 15) is 0 Å². The Hall–Kier alpha value is -0.500. The number of rotatable bonds is 4. The molecule has 0 spiro atoms. The zero-order valence-electron chi connectivity index (χ0n) is 6.55. The summed E-state index contributed by atoms with van der Waals surface area (Å²) >= 11 is 1.75. The zero-order chi connectivity index (χ0) is 7.52. The number of nitrogens with one attached hydrogen (secondary N) is 1. The molecule has 0 unspecified atom stereocenters. The maximum Gasteiger partial charge on any atom is 0.0448 e. The first-order valence-electron chi connectivity index (χ1n) is 4.21. The summed E-state index contributed by atoms with van der Waals surface area (Å²) in [5.41, 5.74) is 1.29. The molecule has 1 aliphatic carbocycles. The van der Waals surface area contributed by atoms with E-state index in [1.54, 1.807) is 11.3 Å². The van der Waals surface area contributed by atoms with Crippen LogP contribution in [0.5, 0.6) is 0 Å². The minimum absolute atomic E-state index is 1.04. The first-order valence-corrected chi connectivity index (χ1v) is 5.15. The van der Waals surface area contributed by atoms with E-state index in [-0.39, 0.29) is 0 Å². The fourth-order valence-electron chi connectivity index (χ4n) is 1.19. The van der Waals surface area contributed by atoms with Gasteiger partial charge in [0, 0.05) is 17.6 Å². The van der Waals surface area contributed by atoms with Gasteiger partial charge in [0.25, 0.3) is 0 Å². The van der Waals surface area contributed by atoms with E-state index >= 15 is 0 Å². The molecule has 0 bridgehead atoms. The van der Waals surface area contributed by atoms with E-state index in [2.05, 4.69) is 22.1 Å². The Morgan fingerprint density at radius 1 is 1.55 bits per heavy atom. The van der Waals surface area contributed by atoms with Gasteiger partial charge in [0.2, 0.25) is 0 Å². The normalized spacial score (nSPS) is 16.7. The van der Waals surface area contributed by atoms with E-state index in [1.165, 1.54) is 24.9 Å². The fraction of sp³-hybridized carbons (Fsp3) is 0.556. The van der Waals surface area contributed by atoms with Gasteiger partial charge in [-0.05, 0) is 23.8 Å². The van der Waals surface area contributed by atoms with Gasteiger partial charge in [0.1, 0.15) is 0 Å². The van der Waals surface area contributed by atoms with Crippen molar-refractivity contribution in [3.63, 3.8) is 0 Å². The molecule has 1 fully saturated rings. The van der Waals surface area contributed by atoms with Crippen molar-refractivity contribution in [2.24, 2.45) is 5.92 Å². The van der Waals surface area contributed by atoms with Crippen LogP contribution in [-0.2, 0) is 0 Å². The Morgan fingerprint density at radius 3 is 3.09 bits per heavy atom. The van der Waals surface area contributed by atoms with Crippen LogP contribution in [-0.4, -0.2) is 6.54 Å². The first kappa shape index (κ1) is 7.17. The Bertz CT molecular complexity index is 201. The summed E-state index contributed by atoms with van der Waals surface area (Å²) in [4.78, 5) is 0. The highest BCUT2D eigenvalue weighted by atomic mass is 32.1. The van der Waals surface area contributed by atoms with Crippen molar-refractivity contribution in [3.05, 3.63) is 16.8 Å². The molecule has 0 amide bonds. The van der Waals surface area contributed by atoms with Gasteiger partial charge in [-0.2, -0.15) is 11.3 Å². The second-order valence-corrected chi connectivity index (χ2v) is 3.95. The quantitative estimate of drug-likeness (QED) is 0.727. The van der Waals surface area contributed by atoms with E-state index in [1.807, 2.05) is 0 Å². The standard InChI is InChI=1S/C9H13NS/c1-2-8(1)3-5-10-9-4-6-11-7-9/h4,6-8,10H,1-3,5H2. The van der Waals surface area contributed by atoms with E-state index in [4.69, 9.17) is 0 Å². The number of thiophene rings is 1. The number of hydrogen-bond donors (Lipinski definition) is 1. The molecule has 60 valence electrons. The summed E-state index contributed by atoms with van der Waals surface area (Å²) in [6.07, 6.45) is 4.28. The summed E-state index contributed by atoms with van der Waals surface area (Å²) < 4.78 is 0. The molecule has 1 aliphatic rings. The SMILES string of the molecule is c1cc(NCCC2CC2)cs1. The molecule has 0 aromatic carbocycles. The van der Waals surface area contributed by atoms with Crippen LogP contribution in [0.3, 0.4) is 0 Å². The maximum absolute atomic E-state index is 3.41. The number of anilines is 1. The second kappa shape index (κ2) is 3.26. The van der Waals surface area contributed by atoms with Crippen molar-refractivity contribution in [1.82, 2.24) is 0 Å². The van der Waals surface area contributed by atoms with Crippen molar-refractivity contribution in [3.8, 4) is 0 Å². The van der Waals surface area contributed by atoms with Crippen molar-refractivity contribution in [2.75, 3.05) is 11.9 Å². The Morgan fingerprint density at radius 2 is 2.45 bits per heavy atom. The van der Waals surface area contributed by atoms with E-state index in [0.29, 0.717) is 0 Å². The van der Waals surface area contributed by atoms with Crippen molar-refractivity contribution < 1.29 is 0 Å². The predicted octanol–water partition coefficient (Wildman–Crippen LogP) is 2.96. The molecule has 11 heavy (non-hydrogen) atoms. The van der Waals surface area contributed by atoms with Gasteiger partial charge in [-0.1, -0.05) is 12.8 Å². The molecule has 2 heteroatoms. The highest BCUT2D eigenvalue weighted by molar-refractivity contribution is 7.08. The molecule has 1 aromatic heterocycles. The molecule has 0 aliphatic heterocycles. The van der Waals surface area contributed by atoms with Gasteiger partial charge < -0.3 is 5.32 Å². The highest BCUT2D eigenvalue weighted by Crippen LogP contribution is 2.32.